The van der Waals surface area contributed by atoms with E-state index in [-0.39, 0.29) is 23.8 Å². The minimum absolute atomic E-state index is 0.0385. The van der Waals surface area contributed by atoms with Crippen LogP contribution in [-0.4, -0.2) is 28.7 Å². The minimum atomic E-state index is -3.81. The fourth-order valence-corrected chi connectivity index (χ4v) is 2.49. The Morgan fingerprint density at radius 1 is 1.24 bits per heavy atom. The highest BCUT2D eigenvalue weighted by Crippen LogP contribution is 2.28. The molecule has 0 radical (unpaired) electrons. The Labute approximate surface area is 102 Å². The largest absolute Gasteiger partial charge is 0.495 e. The summed E-state index contributed by atoms with van der Waals surface area (Å²) in [6.07, 6.45) is 0. The summed E-state index contributed by atoms with van der Waals surface area (Å²) >= 11 is 0. The lowest BCUT2D eigenvalue weighted by atomic mass is 10.1. The van der Waals surface area contributed by atoms with Crippen molar-refractivity contribution in [2.24, 2.45) is 5.73 Å². The highest BCUT2D eigenvalue weighted by Gasteiger charge is 2.21. The lowest BCUT2D eigenvalue weighted by Gasteiger charge is -2.12. The predicted molar refractivity (Wildman–Crippen MR) is 64.7 cm³/mol. The van der Waals surface area contributed by atoms with Gasteiger partial charge >= 0.3 is 10.1 Å². The third-order valence-corrected chi connectivity index (χ3v) is 3.74. The van der Waals surface area contributed by atoms with Crippen molar-refractivity contribution in [2.45, 2.75) is 18.7 Å². The highest BCUT2D eigenvalue weighted by molar-refractivity contribution is 7.86. The van der Waals surface area contributed by atoms with Crippen molar-refractivity contribution >= 4 is 10.1 Å². The van der Waals surface area contributed by atoms with Crippen LogP contribution in [0.5, 0.6) is 5.75 Å². The molecule has 0 aliphatic rings. The fraction of sp³-hybridized carbons (Fsp3) is 0.455. The zero-order chi connectivity index (χ0) is 13.1. The van der Waals surface area contributed by atoms with Gasteiger partial charge in [-0.2, -0.15) is 8.42 Å². The van der Waals surface area contributed by atoms with Gasteiger partial charge in [0.1, 0.15) is 10.6 Å². The smallest absolute Gasteiger partial charge is 0.300 e. The Hall–Kier alpha value is -1.11. The standard InChI is InChI=1S/C11H17NO4S/c1-8-6-10(15-3)11(7-9(8)2)17(13,14)16-5-4-12/h6-7H,4-5,12H2,1-3H3. The number of aryl methyl sites for hydroxylation is 2. The zero-order valence-corrected chi connectivity index (χ0v) is 11.0. The molecular weight excluding hydrogens is 242 g/mol. The van der Waals surface area contributed by atoms with Crippen LogP contribution in [0.4, 0.5) is 0 Å². The van der Waals surface area contributed by atoms with E-state index in [1.807, 2.05) is 13.8 Å². The molecule has 2 N–H and O–H groups in total. The summed E-state index contributed by atoms with van der Waals surface area (Å²) < 4.78 is 33.6. The maximum atomic E-state index is 11.9. The number of hydrogen-bond acceptors (Lipinski definition) is 5. The van der Waals surface area contributed by atoms with Gasteiger partial charge in [0.2, 0.25) is 0 Å². The summed E-state index contributed by atoms with van der Waals surface area (Å²) in [5.74, 6) is 0.283. The first-order chi connectivity index (χ1) is 7.92. The summed E-state index contributed by atoms with van der Waals surface area (Å²) in [7, 11) is -2.39. The first-order valence-electron chi connectivity index (χ1n) is 5.17. The Bertz CT molecular complexity index is 496. The van der Waals surface area contributed by atoms with Crippen LogP contribution in [0.15, 0.2) is 17.0 Å². The summed E-state index contributed by atoms with van der Waals surface area (Å²) in [5.41, 5.74) is 7.04. The van der Waals surface area contributed by atoms with Gasteiger partial charge in [-0.3, -0.25) is 4.18 Å². The lowest BCUT2D eigenvalue weighted by molar-refractivity contribution is 0.323. The van der Waals surface area contributed by atoms with Gasteiger partial charge in [-0.25, -0.2) is 0 Å². The van der Waals surface area contributed by atoms with Crippen LogP contribution in [0.1, 0.15) is 11.1 Å². The van der Waals surface area contributed by atoms with Crippen LogP contribution in [0.3, 0.4) is 0 Å². The maximum absolute atomic E-state index is 11.9. The SMILES string of the molecule is COc1cc(C)c(C)cc1S(=O)(=O)OCCN. The number of nitrogens with two attached hydrogens (primary N) is 1. The monoisotopic (exact) mass is 259 g/mol. The van der Waals surface area contributed by atoms with Crippen molar-refractivity contribution in [1.82, 2.24) is 0 Å². The minimum Gasteiger partial charge on any atom is -0.495 e. The van der Waals surface area contributed by atoms with E-state index >= 15 is 0 Å². The third kappa shape index (κ3) is 3.18. The molecule has 1 rings (SSSR count). The molecule has 0 aromatic heterocycles. The van der Waals surface area contributed by atoms with E-state index in [0.29, 0.717) is 0 Å². The maximum Gasteiger partial charge on any atom is 0.300 e. The summed E-state index contributed by atoms with van der Waals surface area (Å²) in [4.78, 5) is 0.0385. The van der Waals surface area contributed by atoms with Crippen molar-refractivity contribution in [3.05, 3.63) is 23.3 Å². The Kier molecular flexibility index (Phi) is 4.50. The van der Waals surface area contributed by atoms with Gasteiger partial charge in [0.15, 0.2) is 0 Å². The van der Waals surface area contributed by atoms with E-state index in [1.165, 1.54) is 7.11 Å². The van der Waals surface area contributed by atoms with Gasteiger partial charge in [-0.05, 0) is 37.1 Å². The zero-order valence-electron chi connectivity index (χ0n) is 10.2. The Morgan fingerprint density at radius 2 is 1.82 bits per heavy atom. The molecule has 0 spiro atoms. The number of methoxy groups -OCH3 is 1. The lowest BCUT2D eigenvalue weighted by Crippen LogP contribution is -2.15. The molecule has 0 saturated heterocycles. The van der Waals surface area contributed by atoms with Crippen molar-refractivity contribution in [2.75, 3.05) is 20.3 Å². The van der Waals surface area contributed by atoms with E-state index in [0.717, 1.165) is 11.1 Å². The van der Waals surface area contributed by atoms with Gasteiger partial charge in [0.25, 0.3) is 0 Å². The number of ether oxygens (including phenoxy) is 1. The number of hydrogen-bond donors (Lipinski definition) is 1. The van der Waals surface area contributed by atoms with Crippen molar-refractivity contribution < 1.29 is 17.3 Å². The first-order valence-corrected chi connectivity index (χ1v) is 6.58. The van der Waals surface area contributed by atoms with Gasteiger partial charge < -0.3 is 10.5 Å². The average molecular weight is 259 g/mol. The second kappa shape index (κ2) is 5.48. The van der Waals surface area contributed by atoms with E-state index < -0.39 is 10.1 Å². The van der Waals surface area contributed by atoms with Crippen LogP contribution in [-0.2, 0) is 14.3 Å². The molecule has 0 aliphatic heterocycles. The Morgan fingerprint density at radius 3 is 2.35 bits per heavy atom. The second-order valence-corrected chi connectivity index (χ2v) is 5.24. The van der Waals surface area contributed by atoms with Crippen molar-refractivity contribution in [1.29, 1.82) is 0 Å². The Balaban J connectivity index is 3.25. The van der Waals surface area contributed by atoms with Crippen LogP contribution in [0.25, 0.3) is 0 Å². The predicted octanol–water partition coefficient (Wildman–Crippen LogP) is 0.976. The van der Waals surface area contributed by atoms with E-state index in [1.54, 1.807) is 12.1 Å². The quantitative estimate of drug-likeness (QED) is 0.797. The van der Waals surface area contributed by atoms with Gasteiger partial charge in [0.05, 0.1) is 13.7 Å². The molecule has 1 aromatic carbocycles. The van der Waals surface area contributed by atoms with E-state index in [9.17, 15) is 8.42 Å². The van der Waals surface area contributed by atoms with Gasteiger partial charge in [0, 0.05) is 6.54 Å². The molecule has 17 heavy (non-hydrogen) atoms. The topological polar surface area (TPSA) is 78.6 Å². The molecule has 0 unspecified atom stereocenters. The molecule has 0 amide bonds. The highest BCUT2D eigenvalue weighted by atomic mass is 32.2. The second-order valence-electron chi connectivity index (χ2n) is 3.65. The molecule has 0 fully saturated rings. The molecular formula is C11H17NO4S. The van der Waals surface area contributed by atoms with Gasteiger partial charge in [-0.15, -0.1) is 0 Å². The molecule has 0 bridgehead atoms. The van der Waals surface area contributed by atoms with E-state index in [2.05, 4.69) is 0 Å². The van der Waals surface area contributed by atoms with Crippen LogP contribution >= 0.6 is 0 Å². The van der Waals surface area contributed by atoms with Gasteiger partial charge in [-0.1, -0.05) is 0 Å². The first kappa shape index (κ1) is 14.0. The molecule has 6 heteroatoms. The number of rotatable bonds is 5. The normalized spacial score (nSPS) is 11.5. The summed E-state index contributed by atoms with van der Waals surface area (Å²) in [6, 6.07) is 3.22. The van der Waals surface area contributed by atoms with Crippen molar-refractivity contribution in [3.63, 3.8) is 0 Å². The van der Waals surface area contributed by atoms with Crippen molar-refractivity contribution in [3.8, 4) is 5.75 Å². The summed E-state index contributed by atoms with van der Waals surface area (Å²) in [6.45, 7) is 3.82. The summed E-state index contributed by atoms with van der Waals surface area (Å²) in [5, 5.41) is 0. The molecule has 0 atom stereocenters. The van der Waals surface area contributed by atoms with E-state index in [4.69, 9.17) is 14.7 Å². The molecule has 0 aliphatic carbocycles. The van der Waals surface area contributed by atoms with Crippen LogP contribution in [0.2, 0.25) is 0 Å². The van der Waals surface area contributed by atoms with Crippen LogP contribution < -0.4 is 10.5 Å². The molecule has 5 nitrogen and oxygen atoms in total. The molecule has 0 saturated carbocycles. The molecule has 1 aromatic rings. The fourth-order valence-electron chi connectivity index (χ4n) is 1.34. The number of benzene rings is 1. The van der Waals surface area contributed by atoms with Crippen LogP contribution in [0, 0.1) is 13.8 Å². The third-order valence-electron chi connectivity index (χ3n) is 2.41. The molecule has 96 valence electrons. The molecule has 0 heterocycles. The average Bonchev–Trinajstić information content (AvgIpc) is 2.29.